The monoisotopic (exact) mass is 559 g/mol. The van der Waals surface area contributed by atoms with E-state index in [2.05, 4.69) is 16.8 Å². The number of nitrogens with zero attached hydrogens (tertiary/aromatic N) is 2. The first-order valence-corrected chi connectivity index (χ1v) is 14.0. The van der Waals surface area contributed by atoms with E-state index in [-0.39, 0.29) is 30.6 Å². The van der Waals surface area contributed by atoms with Crippen LogP contribution in [-0.2, 0) is 11.2 Å². The second kappa shape index (κ2) is 12.2. The van der Waals surface area contributed by atoms with E-state index in [9.17, 15) is 9.59 Å². The molecule has 196 valence electrons. The fourth-order valence-electron chi connectivity index (χ4n) is 4.40. The average Bonchev–Trinajstić information content (AvgIpc) is 3.36. The Morgan fingerprint density at radius 2 is 2.03 bits per heavy atom. The maximum absolute atomic E-state index is 13.7. The number of fused-ring (bicyclic) bond motifs is 1. The molecule has 0 aliphatic carbocycles. The number of carbonyl (C=O) groups excluding carboxylic acids is 2. The molecule has 1 aliphatic rings. The van der Waals surface area contributed by atoms with Gasteiger partial charge in [0.05, 0.1) is 6.04 Å². The highest BCUT2D eigenvalue weighted by Crippen LogP contribution is 2.34. The summed E-state index contributed by atoms with van der Waals surface area (Å²) in [4.78, 5) is 31.6. The van der Waals surface area contributed by atoms with Crippen LogP contribution in [0.3, 0.4) is 0 Å². The van der Waals surface area contributed by atoms with Crippen LogP contribution in [0.4, 0.5) is 10.5 Å². The Morgan fingerprint density at radius 1 is 1.22 bits per heavy atom. The SMILES string of the molecule is CC[C@H](C)N(CC(=O)N1CCc2sccc2[C@H]1COc1ccc(Cl)c(C)c1)C(=O)Nc1cccc(Cl)c1. The Bertz CT molecular complexity index is 1260. The zero-order valence-corrected chi connectivity index (χ0v) is 23.5. The summed E-state index contributed by atoms with van der Waals surface area (Å²) in [6.07, 6.45) is 1.50. The predicted molar refractivity (Wildman–Crippen MR) is 151 cm³/mol. The summed E-state index contributed by atoms with van der Waals surface area (Å²) in [6.45, 7) is 6.73. The number of hydrogen-bond donors (Lipinski definition) is 1. The molecule has 6 nitrogen and oxygen atoms in total. The third-order valence-corrected chi connectivity index (χ3v) is 8.37. The Labute approximate surface area is 232 Å². The number of urea groups is 1. The Morgan fingerprint density at radius 3 is 2.76 bits per heavy atom. The van der Waals surface area contributed by atoms with Crippen molar-refractivity contribution in [3.8, 4) is 5.75 Å². The lowest BCUT2D eigenvalue weighted by molar-refractivity contribution is -0.135. The van der Waals surface area contributed by atoms with Crippen molar-refractivity contribution >= 4 is 52.2 Å². The maximum Gasteiger partial charge on any atom is 0.322 e. The zero-order chi connectivity index (χ0) is 26.5. The number of carbonyl (C=O) groups is 2. The number of amides is 3. The molecule has 37 heavy (non-hydrogen) atoms. The van der Waals surface area contributed by atoms with Crippen LogP contribution >= 0.6 is 34.5 Å². The van der Waals surface area contributed by atoms with Crippen molar-refractivity contribution in [2.24, 2.45) is 0 Å². The highest BCUT2D eigenvalue weighted by Gasteiger charge is 2.34. The van der Waals surface area contributed by atoms with Gasteiger partial charge in [-0.2, -0.15) is 0 Å². The smallest absolute Gasteiger partial charge is 0.322 e. The Kier molecular flexibility index (Phi) is 9.00. The van der Waals surface area contributed by atoms with Gasteiger partial charge in [-0.3, -0.25) is 4.79 Å². The third-order valence-electron chi connectivity index (χ3n) is 6.72. The van der Waals surface area contributed by atoms with Crippen LogP contribution in [0, 0.1) is 6.92 Å². The fraction of sp³-hybridized carbons (Fsp3) is 0.357. The molecular formula is C28H31Cl2N3O3S. The van der Waals surface area contributed by atoms with Crippen LogP contribution in [0.1, 0.15) is 42.3 Å². The Balaban J connectivity index is 1.51. The van der Waals surface area contributed by atoms with E-state index in [1.165, 1.54) is 4.88 Å². The molecule has 2 heterocycles. The van der Waals surface area contributed by atoms with E-state index < -0.39 is 0 Å². The molecule has 4 rings (SSSR count). The van der Waals surface area contributed by atoms with Gasteiger partial charge >= 0.3 is 6.03 Å². The highest BCUT2D eigenvalue weighted by atomic mass is 35.5. The van der Waals surface area contributed by atoms with Crippen molar-refractivity contribution in [3.63, 3.8) is 0 Å². The fourth-order valence-corrected chi connectivity index (χ4v) is 5.64. The number of aryl methyl sites for hydroxylation is 1. The van der Waals surface area contributed by atoms with Crippen LogP contribution < -0.4 is 10.1 Å². The van der Waals surface area contributed by atoms with E-state index in [4.69, 9.17) is 27.9 Å². The lowest BCUT2D eigenvalue weighted by Gasteiger charge is -2.38. The number of anilines is 1. The van der Waals surface area contributed by atoms with Crippen molar-refractivity contribution < 1.29 is 14.3 Å². The summed E-state index contributed by atoms with van der Waals surface area (Å²) >= 11 is 13.9. The van der Waals surface area contributed by atoms with Crippen LogP contribution in [0.2, 0.25) is 10.0 Å². The van der Waals surface area contributed by atoms with Gasteiger partial charge < -0.3 is 19.9 Å². The van der Waals surface area contributed by atoms with E-state index in [0.29, 0.717) is 41.1 Å². The molecule has 1 N–H and O–H groups in total. The molecule has 1 aromatic heterocycles. The number of thiophene rings is 1. The first kappa shape index (κ1) is 27.3. The second-order valence-electron chi connectivity index (χ2n) is 9.20. The molecule has 0 spiro atoms. The summed E-state index contributed by atoms with van der Waals surface area (Å²) in [6, 6.07) is 13.9. The first-order chi connectivity index (χ1) is 17.8. The van der Waals surface area contributed by atoms with E-state index in [1.54, 1.807) is 40.5 Å². The summed E-state index contributed by atoms with van der Waals surface area (Å²) in [5.41, 5.74) is 2.62. The van der Waals surface area contributed by atoms with Gasteiger partial charge in [0.15, 0.2) is 0 Å². The summed E-state index contributed by atoms with van der Waals surface area (Å²) < 4.78 is 6.15. The van der Waals surface area contributed by atoms with Gasteiger partial charge in [-0.25, -0.2) is 4.79 Å². The normalized spacial score (nSPS) is 15.6. The maximum atomic E-state index is 13.7. The van der Waals surface area contributed by atoms with E-state index in [1.807, 2.05) is 43.9 Å². The zero-order valence-electron chi connectivity index (χ0n) is 21.2. The van der Waals surface area contributed by atoms with Gasteiger partial charge in [0.1, 0.15) is 18.9 Å². The minimum Gasteiger partial charge on any atom is -0.491 e. The van der Waals surface area contributed by atoms with Gasteiger partial charge in [-0.1, -0.05) is 36.2 Å². The van der Waals surface area contributed by atoms with Crippen molar-refractivity contribution in [2.45, 2.75) is 45.7 Å². The van der Waals surface area contributed by atoms with Crippen molar-refractivity contribution in [2.75, 3.05) is 25.0 Å². The molecule has 0 saturated heterocycles. The number of benzene rings is 2. The number of halogens is 2. The molecule has 3 aromatic rings. The topological polar surface area (TPSA) is 61.9 Å². The van der Waals surface area contributed by atoms with Crippen LogP contribution in [0.5, 0.6) is 5.75 Å². The minimum absolute atomic E-state index is 0.0303. The van der Waals surface area contributed by atoms with Gasteiger partial charge in [0.25, 0.3) is 0 Å². The predicted octanol–water partition coefficient (Wildman–Crippen LogP) is 7.20. The molecule has 2 aromatic carbocycles. The van der Waals surface area contributed by atoms with Gasteiger partial charge in [0, 0.05) is 33.2 Å². The molecule has 2 atom stereocenters. The van der Waals surface area contributed by atoms with Gasteiger partial charge in [0.2, 0.25) is 5.91 Å². The number of ether oxygens (including phenoxy) is 1. The van der Waals surface area contributed by atoms with Crippen LogP contribution in [-0.4, -0.2) is 47.5 Å². The molecular weight excluding hydrogens is 529 g/mol. The summed E-state index contributed by atoms with van der Waals surface area (Å²) in [5, 5.41) is 6.15. The summed E-state index contributed by atoms with van der Waals surface area (Å²) in [7, 11) is 0. The molecule has 0 bridgehead atoms. The average molecular weight is 561 g/mol. The van der Waals surface area contributed by atoms with E-state index in [0.717, 1.165) is 17.5 Å². The lowest BCUT2D eigenvalue weighted by Crippen LogP contribution is -2.50. The lowest BCUT2D eigenvalue weighted by atomic mass is 10.00. The van der Waals surface area contributed by atoms with Crippen molar-refractivity contribution in [3.05, 3.63) is 80.0 Å². The molecule has 1 aliphatic heterocycles. The molecule has 0 saturated carbocycles. The van der Waals surface area contributed by atoms with Crippen molar-refractivity contribution in [1.29, 1.82) is 0 Å². The number of nitrogens with one attached hydrogen (secondary N) is 1. The molecule has 9 heteroatoms. The molecule has 0 radical (unpaired) electrons. The van der Waals surface area contributed by atoms with Crippen LogP contribution in [0.25, 0.3) is 0 Å². The van der Waals surface area contributed by atoms with E-state index >= 15 is 0 Å². The Hall–Kier alpha value is -2.74. The van der Waals surface area contributed by atoms with Crippen LogP contribution in [0.15, 0.2) is 53.9 Å². The number of hydrogen-bond acceptors (Lipinski definition) is 4. The quantitative estimate of drug-likeness (QED) is 0.317. The largest absolute Gasteiger partial charge is 0.491 e. The number of rotatable bonds is 8. The minimum atomic E-state index is -0.331. The molecule has 0 fully saturated rings. The molecule has 3 amide bonds. The second-order valence-corrected chi connectivity index (χ2v) is 11.0. The standard InChI is InChI=1S/C28H31Cl2N3O3S/c1-4-19(3)33(28(35)31-21-7-5-6-20(29)15-21)16-27(34)32-12-10-26-23(11-13-37-26)25(32)17-36-22-8-9-24(30)18(2)14-22/h5-9,11,13-15,19,25H,4,10,12,16-17H2,1-3H3,(H,31,35)/t19-,25+/m0/s1. The summed E-state index contributed by atoms with van der Waals surface area (Å²) in [5.74, 6) is 0.595. The third kappa shape index (κ3) is 6.58. The van der Waals surface area contributed by atoms with Crippen molar-refractivity contribution in [1.82, 2.24) is 9.80 Å². The van der Waals surface area contributed by atoms with Gasteiger partial charge in [-0.05, 0) is 85.7 Å². The molecule has 0 unspecified atom stereocenters. The van der Waals surface area contributed by atoms with Gasteiger partial charge in [-0.15, -0.1) is 11.3 Å². The highest BCUT2D eigenvalue weighted by molar-refractivity contribution is 7.10. The first-order valence-electron chi connectivity index (χ1n) is 12.3.